The van der Waals surface area contributed by atoms with Crippen molar-refractivity contribution in [1.82, 2.24) is 0 Å². The molecule has 0 fully saturated rings. The fourth-order valence-electron chi connectivity index (χ4n) is 2.12. The molecule has 2 rings (SSSR count). The Morgan fingerprint density at radius 2 is 1.53 bits per heavy atom. The Morgan fingerprint density at radius 3 is 2.12 bits per heavy atom. The second kappa shape index (κ2) is 4.50. The van der Waals surface area contributed by atoms with Gasteiger partial charge in [-0.1, -0.05) is 29.8 Å². The van der Waals surface area contributed by atoms with Crippen molar-refractivity contribution in [1.29, 1.82) is 0 Å². The highest BCUT2D eigenvalue weighted by Gasteiger charge is 2.05. The molecule has 0 unspecified atom stereocenters. The van der Waals surface area contributed by atoms with Gasteiger partial charge in [0, 0.05) is 5.69 Å². The van der Waals surface area contributed by atoms with Gasteiger partial charge in [0.05, 0.1) is 11.4 Å². The summed E-state index contributed by atoms with van der Waals surface area (Å²) in [4.78, 5) is 0. The first-order valence-electron chi connectivity index (χ1n) is 5.77. The third-order valence-electron chi connectivity index (χ3n) is 2.90. The van der Waals surface area contributed by atoms with E-state index in [-0.39, 0.29) is 0 Å². The van der Waals surface area contributed by atoms with Gasteiger partial charge in [-0.25, -0.2) is 0 Å². The molecule has 0 amide bonds. The van der Waals surface area contributed by atoms with Gasteiger partial charge >= 0.3 is 0 Å². The number of anilines is 3. The van der Waals surface area contributed by atoms with E-state index in [0.29, 0.717) is 0 Å². The highest BCUT2D eigenvalue weighted by molar-refractivity contribution is 5.75. The molecule has 17 heavy (non-hydrogen) atoms. The molecule has 2 aromatic rings. The van der Waals surface area contributed by atoms with Crippen LogP contribution in [0.15, 0.2) is 36.4 Å². The number of rotatable bonds is 2. The van der Waals surface area contributed by atoms with Crippen LogP contribution >= 0.6 is 0 Å². The first-order valence-corrected chi connectivity index (χ1v) is 5.77. The van der Waals surface area contributed by atoms with E-state index < -0.39 is 0 Å². The van der Waals surface area contributed by atoms with Gasteiger partial charge in [-0.05, 0) is 44.0 Å². The van der Waals surface area contributed by atoms with Gasteiger partial charge < -0.3 is 11.1 Å². The SMILES string of the molecule is Cc1cc(C)c(Nc2ccccc2N)c(C)c1. The normalized spacial score (nSPS) is 10.3. The van der Waals surface area contributed by atoms with Crippen molar-refractivity contribution in [2.24, 2.45) is 0 Å². The van der Waals surface area contributed by atoms with E-state index in [2.05, 4.69) is 38.2 Å². The molecule has 0 aliphatic carbocycles. The molecule has 0 aliphatic rings. The van der Waals surface area contributed by atoms with Crippen LogP contribution in [0.3, 0.4) is 0 Å². The fourth-order valence-corrected chi connectivity index (χ4v) is 2.12. The number of nitrogen functional groups attached to an aromatic ring is 1. The molecule has 0 radical (unpaired) electrons. The molecule has 2 aromatic carbocycles. The molecule has 0 saturated heterocycles. The lowest BCUT2D eigenvalue weighted by Gasteiger charge is -2.15. The average Bonchev–Trinajstić information content (AvgIpc) is 2.25. The Balaban J connectivity index is 2.40. The Kier molecular flexibility index (Phi) is 3.05. The van der Waals surface area contributed by atoms with Crippen molar-refractivity contribution in [3.63, 3.8) is 0 Å². The largest absolute Gasteiger partial charge is 0.397 e. The van der Waals surface area contributed by atoms with Gasteiger partial charge in [0.2, 0.25) is 0 Å². The Labute approximate surface area is 102 Å². The van der Waals surface area contributed by atoms with E-state index in [1.807, 2.05) is 24.3 Å². The summed E-state index contributed by atoms with van der Waals surface area (Å²) in [6.45, 7) is 6.34. The van der Waals surface area contributed by atoms with Gasteiger partial charge in [0.15, 0.2) is 0 Å². The topological polar surface area (TPSA) is 38.0 Å². The molecule has 0 atom stereocenters. The number of benzene rings is 2. The fraction of sp³-hybridized carbons (Fsp3) is 0.200. The molecule has 0 aliphatic heterocycles. The number of aryl methyl sites for hydroxylation is 3. The molecule has 2 nitrogen and oxygen atoms in total. The van der Waals surface area contributed by atoms with Gasteiger partial charge in [-0.2, -0.15) is 0 Å². The monoisotopic (exact) mass is 226 g/mol. The molecule has 0 aromatic heterocycles. The lowest BCUT2D eigenvalue weighted by molar-refractivity contribution is 1.31. The minimum absolute atomic E-state index is 0.770. The summed E-state index contributed by atoms with van der Waals surface area (Å²) in [7, 11) is 0. The lowest BCUT2D eigenvalue weighted by Crippen LogP contribution is -2.00. The predicted octanol–water partition coefficient (Wildman–Crippen LogP) is 3.94. The van der Waals surface area contributed by atoms with Crippen LogP contribution in [0.2, 0.25) is 0 Å². The zero-order valence-electron chi connectivity index (χ0n) is 10.5. The summed E-state index contributed by atoms with van der Waals surface area (Å²) >= 11 is 0. The molecular weight excluding hydrogens is 208 g/mol. The molecule has 0 spiro atoms. The third-order valence-corrected chi connectivity index (χ3v) is 2.90. The molecule has 88 valence electrons. The lowest BCUT2D eigenvalue weighted by atomic mass is 10.0. The van der Waals surface area contributed by atoms with Crippen LogP contribution in [-0.4, -0.2) is 0 Å². The standard InChI is InChI=1S/C15H18N2/c1-10-8-11(2)15(12(3)9-10)17-14-7-5-4-6-13(14)16/h4-9,17H,16H2,1-3H3. The van der Waals surface area contributed by atoms with Crippen molar-refractivity contribution in [3.8, 4) is 0 Å². The molecule has 0 bridgehead atoms. The second-order valence-corrected chi connectivity index (χ2v) is 4.49. The number of nitrogens with two attached hydrogens (primary N) is 1. The quantitative estimate of drug-likeness (QED) is 0.761. The van der Waals surface area contributed by atoms with Crippen LogP contribution in [0, 0.1) is 20.8 Å². The minimum atomic E-state index is 0.770. The smallest absolute Gasteiger partial charge is 0.0618 e. The van der Waals surface area contributed by atoms with Crippen molar-refractivity contribution >= 4 is 17.1 Å². The van der Waals surface area contributed by atoms with E-state index in [9.17, 15) is 0 Å². The van der Waals surface area contributed by atoms with Crippen molar-refractivity contribution in [2.75, 3.05) is 11.1 Å². The first kappa shape index (κ1) is 11.5. The maximum atomic E-state index is 5.94. The summed E-state index contributed by atoms with van der Waals surface area (Å²) in [5.41, 5.74) is 12.6. The van der Waals surface area contributed by atoms with Gasteiger partial charge in [-0.3, -0.25) is 0 Å². The summed E-state index contributed by atoms with van der Waals surface area (Å²) in [6, 6.07) is 12.2. The number of hydrogen-bond acceptors (Lipinski definition) is 2. The van der Waals surface area contributed by atoms with E-state index in [1.165, 1.54) is 16.7 Å². The number of hydrogen-bond donors (Lipinski definition) is 2. The maximum absolute atomic E-state index is 5.94. The molecule has 0 heterocycles. The van der Waals surface area contributed by atoms with E-state index in [1.54, 1.807) is 0 Å². The summed E-state index contributed by atoms with van der Waals surface area (Å²) in [5.74, 6) is 0. The Hall–Kier alpha value is -1.96. The predicted molar refractivity (Wildman–Crippen MR) is 74.8 cm³/mol. The van der Waals surface area contributed by atoms with E-state index in [0.717, 1.165) is 17.1 Å². The van der Waals surface area contributed by atoms with Crippen LogP contribution < -0.4 is 11.1 Å². The minimum Gasteiger partial charge on any atom is -0.397 e. The van der Waals surface area contributed by atoms with E-state index in [4.69, 9.17) is 5.73 Å². The van der Waals surface area contributed by atoms with Crippen molar-refractivity contribution < 1.29 is 0 Å². The van der Waals surface area contributed by atoms with Gasteiger partial charge in [0.25, 0.3) is 0 Å². The maximum Gasteiger partial charge on any atom is 0.0618 e. The van der Waals surface area contributed by atoms with E-state index >= 15 is 0 Å². The van der Waals surface area contributed by atoms with Gasteiger partial charge in [0.1, 0.15) is 0 Å². The highest BCUT2D eigenvalue weighted by atomic mass is 14.9. The zero-order chi connectivity index (χ0) is 12.4. The summed E-state index contributed by atoms with van der Waals surface area (Å²) in [5, 5.41) is 3.41. The second-order valence-electron chi connectivity index (χ2n) is 4.49. The molecular formula is C15H18N2. The van der Waals surface area contributed by atoms with Crippen LogP contribution in [-0.2, 0) is 0 Å². The third kappa shape index (κ3) is 2.41. The van der Waals surface area contributed by atoms with Crippen LogP contribution in [0.25, 0.3) is 0 Å². The molecule has 0 saturated carbocycles. The Morgan fingerprint density at radius 1 is 0.941 bits per heavy atom. The van der Waals surface area contributed by atoms with Crippen LogP contribution in [0.5, 0.6) is 0 Å². The average molecular weight is 226 g/mol. The first-order chi connectivity index (χ1) is 8.08. The van der Waals surface area contributed by atoms with Crippen LogP contribution in [0.1, 0.15) is 16.7 Å². The number of nitrogens with one attached hydrogen (secondary N) is 1. The highest BCUT2D eigenvalue weighted by Crippen LogP contribution is 2.28. The van der Waals surface area contributed by atoms with Crippen molar-refractivity contribution in [3.05, 3.63) is 53.1 Å². The van der Waals surface area contributed by atoms with Crippen LogP contribution in [0.4, 0.5) is 17.1 Å². The summed E-state index contributed by atoms with van der Waals surface area (Å²) < 4.78 is 0. The zero-order valence-corrected chi connectivity index (χ0v) is 10.5. The summed E-state index contributed by atoms with van der Waals surface area (Å²) in [6.07, 6.45) is 0. The Bertz CT molecular complexity index is 521. The molecule has 2 heteroatoms. The van der Waals surface area contributed by atoms with Crippen molar-refractivity contribution in [2.45, 2.75) is 20.8 Å². The number of para-hydroxylation sites is 2. The van der Waals surface area contributed by atoms with Gasteiger partial charge in [-0.15, -0.1) is 0 Å². The molecule has 3 N–H and O–H groups in total.